The van der Waals surface area contributed by atoms with E-state index in [0.717, 1.165) is 11.8 Å². The van der Waals surface area contributed by atoms with Crippen molar-refractivity contribution in [2.45, 2.75) is 45.1 Å². The third-order valence-electron chi connectivity index (χ3n) is 7.36. The maximum absolute atomic E-state index is 11.8. The number of rotatable bonds is 2. The average molecular weight is 361 g/mol. The minimum Gasteiger partial charge on any atom is -0.465 e. The predicted octanol–water partition coefficient (Wildman–Crippen LogP) is 5.39. The van der Waals surface area contributed by atoms with Crippen molar-refractivity contribution in [3.05, 3.63) is 64.2 Å². The maximum atomic E-state index is 11.8. The third-order valence-corrected chi connectivity index (χ3v) is 7.36. The second kappa shape index (κ2) is 6.12. The number of fused-ring (bicyclic) bond motifs is 7. The number of carbonyl (C=O) groups is 1. The van der Waals surface area contributed by atoms with Crippen LogP contribution in [0.5, 0.6) is 0 Å². The van der Waals surface area contributed by atoms with E-state index in [9.17, 15) is 4.79 Å². The van der Waals surface area contributed by atoms with Gasteiger partial charge in [0.2, 0.25) is 0 Å². The molecule has 0 radical (unpaired) electrons. The van der Waals surface area contributed by atoms with Gasteiger partial charge in [-0.15, -0.1) is 0 Å². The van der Waals surface area contributed by atoms with Crippen LogP contribution >= 0.6 is 0 Å². The van der Waals surface area contributed by atoms with Gasteiger partial charge in [-0.3, -0.25) is 0 Å². The molecule has 2 saturated carbocycles. The van der Waals surface area contributed by atoms with Crippen LogP contribution in [0.25, 0.3) is 0 Å². The summed E-state index contributed by atoms with van der Waals surface area (Å²) in [5.74, 6) is 2.70. The first-order valence-electron chi connectivity index (χ1n) is 10.1. The highest BCUT2D eigenvalue weighted by Gasteiger charge is 2.54. The average Bonchev–Trinajstić information content (AvgIpc) is 3.32. The third kappa shape index (κ3) is 2.44. The fourth-order valence-electron chi connectivity index (χ4n) is 6.20. The Balaban J connectivity index is 1.59. The molecule has 1 heterocycles. The molecular weight excluding hydrogens is 334 g/mol. The van der Waals surface area contributed by atoms with Gasteiger partial charge in [0.15, 0.2) is 0 Å². The van der Waals surface area contributed by atoms with Gasteiger partial charge in [-0.2, -0.15) is 0 Å². The van der Waals surface area contributed by atoms with Crippen molar-refractivity contribution >= 4 is 11.7 Å². The van der Waals surface area contributed by atoms with E-state index in [0.29, 0.717) is 23.4 Å². The molecular formula is C24H27NO2. The Bertz CT molecular complexity index is 901. The van der Waals surface area contributed by atoms with Crippen LogP contribution in [0.15, 0.2) is 36.4 Å². The van der Waals surface area contributed by atoms with Gasteiger partial charge in [0.1, 0.15) is 0 Å². The van der Waals surface area contributed by atoms with Crippen molar-refractivity contribution in [1.29, 1.82) is 0 Å². The van der Waals surface area contributed by atoms with E-state index in [4.69, 9.17) is 4.74 Å². The first kappa shape index (κ1) is 16.9. The molecule has 5 atom stereocenters. The zero-order valence-corrected chi connectivity index (χ0v) is 16.3. The molecule has 2 aliphatic carbocycles. The van der Waals surface area contributed by atoms with Gasteiger partial charge in [0.25, 0.3) is 0 Å². The monoisotopic (exact) mass is 361 g/mol. The zero-order valence-electron chi connectivity index (χ0n) is 16.3. The van der Waals surface area contributed by atoms with Crippen LogP contribution in [-0.4, -0.2) is 13.1 Å². The number of benzene rings is 2. The zero-order chi connectivity index (χ0) is 18.7. The molecule has 0 saturated heterocycles. The second-order valence-electron chi connectivity index (χ2n) is 8.66. The summed E-state index contributed by atoms with van der Waals surface area (Å²) in [6.07, 6.45) is 4.12. The minimum absolute atomic E-state index is 0.271. The number of hydrogen-bond acceptors (Lipinski definition) is 3. The summed E-state index contributed by atoms with van der Waals surface area (Å²) < 4.78 is 4.85. The van der Waals surface area contributed by atoms with Crippen LogP contribution in [0.1, 0.15) is 63.8 Å². The lowest BCUT2D eigenvalue weighted by molar-refractivity contribution is 0.0600. The molecule has 3 heteroatoms. The number of carbonyl (C=O) groups excluding carboxylic acids is 1. The summed E-state index contributed by atoms with van der Waals surface area (Å²) in [6, 6.07) is 12.9. The van der Waals surface area contributed by atoms with E-state index < -0.39 is 0 Å². The van der Waals surface area contributed by atoms with E-state index in [1.54, 1.807) is 5.56 Å². The number of aryl methyl sites for hydroxylation is 2. The summed E-state index contributed by atoms with van der Waals surface area (Å²) >= 11 is 0. The van der Waals surface area contributed by atoms with Crippen LogP contribution in [0.4, 0.5) is 5.69 Å². The van der Waals surface area contributed by atoms with E-state index in [-0.39, 0.29) is 5.97 Å². The SMILES string of the molecule is COC(=O)c1ccc([C@@H]2Nc3c(C)ccc(C)c3[C@@H]3[C@H]4CC[C@@H](C4)[C@@H]32)cc1. The first-order valence-corrected chi connectivity index (χ1v) is 10.1. The lowest BCUT2D eigenvalue weighted by Crippen LogP contribution is -2.36. The molecule has 2 aromatic carbocycles. The number of hydrogen-bond donors (Lipinski definition) is 1. The van der Waals surface area contributed by atoms with E-state index in [1.165, 1.54) is 48.8 Å². The summed E-state index contributed by atoms with van der Waals surface area (Å²) in [5.41, 5.74) is 7.62. The molecule has 3 aliphatic rings. The molecule has 0 aromatic heterocycles. The molecule has 1 aliphatic heterocycles. The minimum atomic E-state index is -0.271. The highest BCUT2D eigenvalue weighted by Crippen LogP contribution is 2.64. The normalized spacial score (nSPS) is 30.4. The fraction of sp³-hybridized carbons (Fsp3) is 0.458. The Hall–Kier alpha value is -2.29. The number of methoxy groups -OCH3 is 1. The summed E-state index contributed by atoms with van der Waals surface area (Å²) in [5, 5.41) is 3.93. The summed E-state index contributed by atoms with van der Waals surface area (Å²) in [7, 11) is 1.43. The summed E-state index contributed by atoms with van der Waals surface area (Å²) in [4.78, 5) is 11.8. The van der Waals surface area contributed by atoms with Gasteiger partial charge in [-0.05, 0) is 91.2 Å². The molecule has 0 unspecified atom stereocenters. The van der Waals surface area contributed by atoms with Gasteiger partial charge >= 0.3 is 5.97 Å². The number of anilines is 1. The van der Waals surface area contributed by atoms with Crippen molar-refractivity contribution in [2.24, 2.45) is 17.8 Å². The second-order valence-corrected chi connectivity index (χ2v) is 8.66. The van der Waals surface area contributed by atoms with Gasteiger partial charge < -0.3 is 10.1 Å². The Morgan fingerprint density at radius 2 is 1.70 bits per heavy atom. The van der Waals surface area contributed by atoms with Crippen molar-refractivity contribution in [3.63, 3.8) is 0 Å². The Morgan fingerprint density at radius 1 is 1.00 bits per heavy atom. The standard InChI is InChI=1S/C24H27NO2/c1-13-4-5-14(2)22-19(13)20-17-10-11-18(12-17)21(20)23(25-22)15-6-8-16(9-7-15)24(26)27-3/h4-9,17-18,20-21,23,25H,10-12H2,1-3H3/t17-,18-,20-,21-,23-/m0/s1. The van der Waals surface area contributed by atoms with Gasteiger partial charge in [-0.25, -0.2) is 4.79 Å². The van der Waals surface area contributed by atoms with Crippen molar-refractivity contribution < 1.29 is 9.53 Å². The van der Waals surface area contributed by atoms with Crippen molar-refractivity contribution in [3.8, 4) is 0 Å². The quantitative estimate of drug-likeness (QED) is 0.729. The number of nitrogens with one attached hydrogen (secondary N) is 1. The molecule has 0 amide bonds. The van der Waals surface area contributed by atoms with E-state index in [1.807, 2.05) is 12.1 Å². The van der Waals surface area contributed by atoms with Crippen LogP contribution in [0, 0.1) is 31.6 Å². The Morgan fingerprint density at radius 3 is 2.44 bits per heavy atom. The molecule has 1 N–H and O–H groups in total. The topological polar surface area (TPSA) is 38.3 Å². The molecule has 140 valence electrons. The first-order chi connectivity index (χ1) is 13.1. The smallest absolute Gasteiger partial charge is 0.337 e. The lowest BCUT2D eigenvalue weighted by atomic mass is 9.67. The maximum Gasteiger partial charge on any atom is 0.337 e. The van der Waals surface area contributed by atoms with Crippen LogP contribution < -0.4 is 5.32 Å². The van der Waals surface area contributed by atoms with Gasteiger partial charge in [0, 0.05) is 5.69 Å². The Kier molecular flexibility index (Phi) is 3.82. The van der Waals surface area contributed by atoms with E-state index >= 15 is 0 Å². The van der Waals surface area contributed by atoms with Crippen LogP contribution in [0.2, 0.25) is 0 Å². The van der Waals surface area contributed by atoms with Gasteiger partial charge in [0.05, 0.1) is 18.7 Å². The molecule has 2 aromatic rings. The largest absolute Gasteiger partial charge is 0.465 e. The van der Waals surface area contributed by atoms with Gasteiger partial charge in [-0.1, -0.05) is 24.3 Å². The highest BCUT2D eigenvalue weighted by molar-refractivity contribution is 5.89. The van der Waals surface area contributed by atoms with Crippen molar-refractivity contribution in [2.75, 3.05) is 12.4 Å². The van der Waals surface area contributed by atoms with E-state index in [2.05, 4.69) is 43.4 Å². The molecule has 3 nitrogen and oxygen atoms in total. The summed E-state index contributed by atoms with van der Waals surface area (Å²) in [6.45, 7) is 4.49. The highest BCUT2D eigenvalue weighted by atomic mass is 16.5. The lowest BCUT2D eigenvalue weighted by Gasteiger charge is -2.44. The molecule has 0 spiro atoms. The fourth-order valence-corrected chi connectivity index (χ4v) is 6.20. The molecule has 5 rings (SSSR count). The molecule has 27 heavy (non-hydrogen) atoms. The van der Waals surface area contributed by atoms with Crippen molar-refractivity contribution in [1.82, 2.24) is 0 Å². The molecule has 2 bridgehead atoms. The number of esters is 1. The number of ether oxygens (including phenoxy) is 1. The Labute approximate surface area is 161 Å². The predicted molar refractivity (Wildman–Crippen MR) is 107 cm³/mol. The molecule has 2 fully saturated rings. The van der Waals surface area contributed by atoms with Crippen LogP contribution in [0.3, 0.4) is 0 Å². The van der Waals surface area contributed by atoms with Crippen LogP contribution in [-0.2, 0) is 4.74 Å².